The first-order chi connectivity index (χ1) is 22.1. The molecule has 226 valence electrons. The Bertz CT molecular complexity index is 2130. The van der Waals surface area contributed by atoms with Crippen LogP contribution in [0.5, 0.6) is 0 Å². The molecular formula is C34H22Cl2N6O4. The number of fused-ring (bicyclic) bond motifs is 2. The van der Waals surface area contributed by atoms with E-state index in [2.05, 4.69) is 20.5 Å². The maximum absolute atomic E-state index is 11.8. The summed E-state index contributed by atoms with van der Waals surface area (Å²) in [5.41, 5.74) is 15.9. The molecular weight excluding hydrogens is 627 g/mol. The first-order valence-corrected chi connectivity index (χ1v) is 14.4. The molecule has 46 heavy (non-hydrogen) atoms. The van der Waals surface area contributed by atoms with E-state index in [-0.39, 0.29) is 22.5 Å². The average molecular weight is 649 g/mol. The molecule has 0 aliphatic heterocycles. The Hall–Kier alpha value is -5.84. The largest absolute Gasteiger partial charge is 0.478 e. The fourth-order valence-corrected chi connectivity index (χ4v) is 5.47. The number of hydrogen-bond acceptors (Lipinski definition) is 8. The van der Waals surface area contributed by atoms with Gasteiger partial charge in [0, 0.05) is 10.8 Å². The van der Waals surface area contributed by atoms with Crippen molar-refractivity contribution in [1.29, 1.82) is 0 Å². The molecule has 0 heterocycles. The number of benzene rings is 6. The van der Waals surface area contributed by atoms with Crippen molar-refractivity contribution < 1.29 is 19.8 Å². The second-order valence-corrected chi connectivity index (χ2v) is 11.0. The number of nitrogens with two attached hydrogens (primary N) is 2. The molecule has 10 nitrogen and oxygen atoms in total. The van der Waals surface area contributed by atoms with Gasteiger partial charge >= 0.3 is 11.9 Å². The van der Waals surface area contributed by atoms with Gasteiger partial charge in [0.15, 0.2) is 0 Å². The molecule has 0 radical (unpaired) electrons. The van der Waals surface area contributed by atoms with Gasteiger partial charge in [0.25, 0.3) is 0 Å². The number of halogens is 2. The van der Waals surface area contributed by atoms with Crippen LogP contribution in [0.3, 0.4) is 0 Å². The van der Waals surface area contributed by atoms with Crippen LogP contribution >= 0.6 is 23.2 Å². The van der Waals surface area contributed by atoms with Gasteiger partial charge < -0.3 is 21.7 Å². The minimum absolute atomic E-state index is 0.0609. The molecule has 0 saturated carbocycles. The number of rotatable bonds is 7. The first-order valence-electron chi connectivity index (χ1n) is 13.6. The molecule has 6 aromatic rings. The summed E-state index contributed by atoms with van der Waals surface area (Å²) in [7, 11) is 0. The van der Waals surface area contributed by atoms with Crippen LogP contribution in [0.1, 0.15) is 20.7 Å². The van der Waals surface area contributed by atoms with Crippen LogP contribution in [0.4, 0.5) is 34.1 Å². The smallest absolute Gasteiger partial charge is 0.336 e. The van der Waals surface area contributed by atoms with E-state index in [1.165, 1.54) is 12.1 Å². The summed E-state index contributed by atoms with van der Waals surface area (Å²) in [5.74, 6) is -2.21. The molecule has 0 aliphatic rings. The molecule has 6 rings (SSSR count). The van der Waals surface area contributed by atoms with Gasteiger partial charge in [-0.2, -0.15) is 0 Å². The molecule has 0 atom stereocenters. The number of nitrogens with zero attached hydrogens (tertiary/aromatic N) is 4. The standard InChI is InChI=1S/C34H22Cl2N6O4/c35-25-13-17(9-11-27(25)39-41-29-15-23(33(43)44)19-5-1-3-7-21(19)31(29)37)18-10-12-28(26(36)14-18)40-42-30-16-24(34(45)46)20-6-2-4-8-22(20)32(30)38/h1-16H,37-38H2,(H,43,44)(H,45,46). The van der Waals surface area contributed by atoms with Gasteiger partial charge in [0.05, 0.1) is 32.5 Å². The minimum Gasteiger partial charge on any atom is -0.478 e. The van der Waals surface area contributed by atoms with E-state index >= 15 is 0 Å². The number of azo groups is 2. The maximum atomic E-state index is 11.8. The lowest BCUT2D eigenvalue weighted by Gasteiger charge is -2.09. The van der Waals surface area contributed by atoms with E-state index in [1.54, 1.807) is 84.9 Å². The van der Waals surface area contributed by atoms with Crippen LogP contribution in [-0.2, 0) is 0 Å². The second-order valence-electron chi connectivity index (χ2n) is 10.1. The Kier molecular flexibility index (Phi) is 8.06. The van der Waals surface area contributed by atoms with Crippen LogP contribution in [0.2, 0.25) is 10.0 Å². The molecule has 6 N–H and O–H groups in total. The summed E-state index contributed by atoms with van der Waals surface area (Å²) in [6.07, 6.45) is 0. The van der Waals surface area contributed by atoms with Crippen molar-refractivity contribution in [3.8, 4) is 11.1 Å². The van der Waals surface area contributed by atoms with Crippen molar-refractivity contribution in [2.75, 3.05) is 11.5 Å². The van der Waals surface area contributed by atoms with Crippen LogP contribution in [-0.4, -0.2) is 22.2 Å². The summed E-state index contributed by atoms with van der Waals surface area (Å²) >= 11 is 13.1. The fourth-order valence-electron chi connectivity index (χ4n) is 5.04. The van der Waals surface area contributed by atoms with Crippen LogP contribution in [0.15, 0.2) is 118 Å². The van der Waals surface area contributed by atoms with Gasteiger partial charge in [-0.1, -0.05) is 83.9 Å². The van der Waals surface area contributed by atoms with Gasteiger partial charge in [0.1, 0.15) is 22.7 Å². The van der Waals surface area contributed by atoms with Crippen LogP contribution in [0.25, 0.3) is 32.7 Å². The normalized spacial score (nSPS) is 11.6. The van der Waals surface area contributed by atoms with Crippen LogP contribution < -0.4 is 11.5 Å². The highest BCUT2D eigenvalue weighted by atomic mass is 35.5. The highest BCUT2D eigenvalue weighted by molar-refractivity contribution is 6.34. The highest BCUT2D eigenvalue weighted by Crippen LogP contribution is 2.39. The summed E-state index contributed by atoms with van der Waals surface area (Å²) in [4.78, 5) is 23.7. The predicted octanol–water partition coefficient (Wildman–Crippen LogP) is 10.4. The SMILES string of the molecule is Nc1c(N=Nc2ccc(-c3ccc(N=Nc4cc(C(=O)O)c5ccccc5c4N)c(Cl)c3)cc2Cl)cc(C(=O)O)c2ccccc12. The van der Waals surface area contributed by atoms with Crippen LogP contribution in [0, 0.1) is 0 Å². The van der Waals surface area contributed by atoms with E-state index in [9.17, 15) is 19.8 Å². The fraction of sp³-hybridized carbons (Fsp3) is 0. The third kappa shape index (κ3) is 5.70. The molecule has 6 aromatic carbocycles. The van der Waals surface area contributed by atoms with Gasteiger partial charge in [-0.15, -0.1) is 20.5 Å². The minimum atomic E-state index is -1.11. The Balaban J connectivity index is 1.26. The third-order valence-corrected chi connectivity index (χ3v) is 7.95. The number of carboxylic acid groups (broad SMARTS) is 2. The number of carboxylic acids is 2. The average Bonchev–Trinajstić information content (AvgIpc) is 3.05. The van der Waals surface area contributed by atoms with Crippen molar-refractivity contribution in [3.05, 3.63) is 118 Å². The van der Waals surface area contributed by atoms with Crippen molar-refractivity contribution >= 4 is 90.8 Å². The predicted molar refractivity (Wildman–Crippen MR) is 181 cm³/mol. The third-order valence-electron chi connectivity index (χ3n) is 7.35. The van der Waals surface area contributed by atoms with E-state index in [1.807, 2.05) is 0 Å². The Labute approximate surface area is 271 Å². The molecule has 0 saturated heterocycles. The maximum Gasteiger partial charge on any atom is 0.336 e. The topological polar surface area (TPSA) is 176 Å². The first kappa shape index (κ1) is 30.2. The van der Waals surface area contributed by atoms with E-state index in [0.717, 1.165) is 11.1 Å². The summed E-state index contributed by atoms with van der Waals surface area (Å²) in [5, 5.41) is 38.9. The zero-order valence-electron chi connectivity index (χ0n) is 23.6. The molecule has 0 unspecified atom stereocenters. The van der Waals surface area contributed by atoms with E-state index in [0.29, 0.717) is 54.3 Å². The Morgan fingerprint density at radius 2 is 0.848 bits per heavy atom. The molecule has 0 aliphatic carbocycles. The Morgan fingerprint density at radius 3 is 1.20 bits per heavy atom. The van der Waals surface area contributed by atoms with Gasteiger partial charge in [-0.05, 0) is 58.3 Å². The van der Waals surface area contributed by atoms with Gasteiger partial charge in [0.2, 0.25) is 0 Å². The van der Waals surface area contributed by atoms with Crippen molar-refractivity contribution in [2.45, 2.75) is 0 Å². The van der Waals surface area contributed by atoms with E-state index < -0.39 is 11.9 Å². The number of nitrogen functional groups attached to an aromatic ring is 2. The summed E-state index contributed by atoms with van der Waals surface area (Å²) < 4.78 is 0. The second kappa shape index (κ2) is 12.3. The summed E-state index contributed by atoms with van der Waals surface area (Å²) in [6.45, 7) is 0. The summed E-state index contributed by atoms with van der Waals surface area (Å²) in [6, 6.07) is 26.9. The number of carbonyl (C=O) groups is 2. The lowest BCUT2D eigenvalue weighted by molar-refractivity contribution is 0.0688. The monoisotopic (exact) mass is 648 g/mol. The molecule has 12 heteroatoms. The quantitative estimate of drug-likeness (QED) is 0.0987. The van der Waals surface area contributed by atoms with Crippen molar-refractivity contribution in [2.24, 2.45) is 20.5 Å². The Morgan fingerprint density at radius 1 is 0.500 bits per heavy atom. The molecule has 0 fully saturated rings. The van der Waals surface area contributed by atoms with Gasteiger partial charge in [-0.25, -0.2) is 9.59 Å². The molecule has 0 amide bonds. The van der Waals surface area contributed by atoms with Crippen molar-refractivity contribution in [1.82, 2.24) is 0 Å². The highest BCUT2D eigenvalue weighted by Gasteiger charge is 2.16. The molecule has 0 spiro atoms. The lowest BCUT2D eigenvalue weighted by atomic mass is 10.0. The zero-order chi connectivity index (χ0) is 32.5. The van der Waals surface area contributed by atoms with E-state index in [4.69, 9.17) is 34.7 Å². The number of anilines is 2. The lowest BCUT2D eigenvalue weighted by Crippen LogP contribution is -1.99. The van der Waals surface area contributed by atoms with Gasteiger partial charge in [-0.3, -0.25) is 0 Å². The number of aromatic carboxylic acids is 2. The molecule has 0 bridgehead atoms. The van der Waals surface area contributed by atoms with Crippen molar-refractivity contribution in [3.63, 3.8) is 0 Å². The zero-order valence-corrected chi connectivity index (χ0v) is 25.2. The molecule has 0 aromatic heterocycles. The number of hydrogen-bond donors (Lipinski definition) is 4.